The van der Waals surface area contributed by atoms with E-state index < -0.39 is 0 Å². The zero-order valence-electron chi connectivity index (χ0n) is 10.2. The van der Waals surface area contributed by atoms with Crippen molar-refractivity contribution in [1.82, 2.24) is 5.32 Å². The van der Waals surface area contributed by atoms with E-state index >= 15 is 0 Å². The van der Waals surface area contributed by atoms with Crippen LogP contribution in [0.25, 0.3) is 0 Å². The van der Waals surface area contributed by atoms with Gasteiger partial charge in [0, 0.05) is 19.5 Å². The van der Waals surface area contributed by atoms with E-state index in [2.05, 4.69) is 16.7 Å². The first-order chi connectivity index (χ1) is 8.19. The van der Waals surface area contributed by atoms with Crippen LogP contribution in [0.4, 0.5) is 5.69 Å². The fourth-order valence-corrected chi connectivity index (χ4v) is 1.56. The average Bonchev–Trinajstić information content (AvgIpc) is 2.29. The Labute approximate surface area is 102 Å². The molecule has 4 nitrogen and oxygen atoms in total. The number of benzene rings is 1. The molecule has 2 N–H and O–H groups in total. The lowest BCUT2D eigenvalue weighted by atomic mass is 10.1. The van der Waals surface area contributed by atoms with E-state index in [-0.39, 0.29) is 5.91 Å². The number of nitrogens with one attached hydrogen (secondary N) is 2. The van der Waals surface area contributed by atoms with Crippen LogP contribution in [0.1, 0.15) is 24.5 Å². The molecule has 0 spiro atoms. The van der Waals surface area contributed by atoms with E-state index in [4.69, 9.17) is 5.26 Å². The number of rotatable bonds is 5. The lowest BCUT2D eigenvalue weighted by Crippen LogP contribution is -2.24. The van der Waals surface area contributed by atoms with Crippen molar-refractivity contribution in [3.63, 3.8) is 0 Å². The molecule has 1 amide bonds. The summed E-state index contributed by atoms with van der Waals surface area (Å²) >= 11 is 0. The number of hydrogen-bond acceptors (Lipinski definition) is 3. The average molecular weight is 231 g/mol. The van der Waals surface area contributed by atoms with Gasteiger partial charge in [0.05, 0.1) is 11.3 Å². The van der Waals surface area contributed by atoms with Crippen molar-refractivity contribution in [3.8, 4) is 6.07 Å². The number of carbonyl (C=O) groups is 1. The molecule has 0 aromatic heterocycles. The second kappa shape index (κ2) is 6.54. The number of amides is 1. The van der Waals surface area contributed by atoms with Crippen molar-refractivity contribution >= 4 is 11.6 Å². The van der Waals surface area contributed by atoms with E-state index in [1.54, 1.807) is 0 Å². The van der Waals surface area contributed by atoms with Gasteiger partial charge < -0.3 is 10.6 Å². The minimum Gasteiger partial charge on any atom is -0.383 e. The van der Waals surface area contributed by atoms with Crippen LogP contribution in [0.2, 0.25) is 0 Å². The summed E-state index contributed by atoms with van der Waals surface area (Å²) in [6, 6.07) is 7.80. The highest BCUT2D eigenvalue weighted by Gasteiger charge is 2.05. The van der Waals surface area contributed by atoms with Crippen molar-refractivity contribution in [2.24, 2.45) is 0 Å². The first kappa shape index (κ1) is 13.0. The van der Waals surface area contributed by atoms with E-state index in [1.165, 1.54) is 0 Å². The normalized spacial score (nSPS) is 9.47. The molecule has 0 fully saturated rings. The van der Waals surface area contributed by atoms with Gasteiger partial charge in [0.2, 0.25) is 5.91 Å². The van der Waals surface area contributed by atoms with E-state index in [0.717, 1.165) is 11.3 Å². The fraction of sp³-hybridized carbons (Fsp3) is 0.385. The summed E-state index contributed by atoms with van der Waals surface area (Å²) in [4.78, 5) is 11.2. The van der Waals surface area contributed by atoms with Gasteiger partial charge >= 0.3 is 0 Å². The van der Waals surface area contributed by atoms with Gasteiger partial charge in [-0.1, -0.05) is 12.1 Å². The molecular formula is C13H17N3O. The van der Waals surface area contributed by atoms with Gasteiger partial charge in [-0.2, -0.15) is 5.26 Å². The Kier molecular flexibility index (Phi) is 5.02. The molecule has 0 saturated carbocycles. The van der Waals surface area contributed by atoms with Gasteiger partial charge in [0.25, 0.3) is 0 Å². The minimum absolute atomic E-state index is 0.0196. The summed E-state index contributed by atoms with van der Waals surface area (Å²) in [7, 11) is 0. The van der Waals surface area contributed by atoms with E-state index in [1.807, 2.05) is 32.0 Å². The number of nitrogens with zero attached hydrogens (tertiary/aromatic N) is 1. The molecule has 17 heavy (non-hydrogen) atoms. The number of hydrogen-bond donors (Lipinski definition) is 2. The predicted molar refractivity (Wildman–Crippen MR) is 67.7 cm³/mol. The lowest BCUT2D eigenvalue weighted by molar-refractivity contribution is -0.120. The Hall–Kier alpha value is -2.02. The zero-order valence-corrected chi connectivity index (χ0v) is 10.2. The third-order valence-electron chi connectivity index (χ3n) is 2.43. The Morgan fingerprint density at radius 2 is 2.24 bits per heavy atom. The summed E-state index contributed by atoms with van der Waals surface area (Å²) in [5, 5.41) is 14.9. The topological polar surface area (TPSA) is 64.9 Å². The molecule has 0 aliphatic rings. The highest BCUT2D eigenvalue weighted by molar-refractivity contribution is 5.76. The number of nitriles is 1. The molecule has 0 heterocycles. The Morgan fingerprint density at radius 3 is 2.88 bits per heavy atom. The molecule has 0 aliphatic carbocycles. The summed E-state index contributed by atoms with van der Waals surface area (Å²) in [6.45, 7) is 4.96. The molecule has 0 bridgehead atoms. The summed E-state index contributed by atoms with van der Waals surface area (Å²) in [5.41, 5.74) is 2.37. The summed E-state index contributed by atoms with van der Waals surface area (Å²) in [5.74, 6) is 0.0196. The SMILES string of the molecule is CCNC(=O)CCNc1cccc(C)c1C#N. The van der Waals surface area contributed by atoms with Crippen LogP contribution in [0.15, 0.2) is 18.2 Å². The van der Waals surface area contributed by atoms with Crippen LogP contribution in [0, 0.1) is 18.3 Å². The lowest BCUT2D eigenvalue weighted by Gasteiger charge is -2.09. The van der Waals surface area contributed by atoms with Crippen molar-refractivity contribution in [2.45, 2.75) is 20.3 Å². The highest BCUT2D eigenvalue weighted by Crippen LogP contribution is 2.17. The molecule has 1 aromatic rings. The summed E-state index contributed by atoms with van der Waals surface area (Å²) < 4.78 is 0. The van der Waals surface area contributed by atoms with E-state index in [0.29, 0.717) is 25.1 Å². The third kappa shape index (κ3) is 3.80. The van der Waals surface area contributed by atoms with Crippen LogP contribution in [-0.4, -0.2) is 19.0 Å². The standard InChI is InChI=1S/C13H17N3O/c1-3-15-13(17)7-8-16-12-6-4-5-10(2)11(12)9-14/h4-6,16H,3,7-8H2,1-2H3,(H,15,17). The second-order valence-corrected chi connectivity index (χ2v) is 3.74. The quantitative estimate of drug-likeness (QED) is 0.812. The number of anilines is 1. The Balaban J connectivity index is 2.56. The molecule has 90 valence electrons. The molecule has 4 heteroatoms. The van der Waals surface area contributed by atoms with Gasteiger partial charge in [-0.3, -0.25) is 4.79 Å². The molecule has 0 unspecified atom stereocenters. The maximum Gasteiger partial charge on any atom is 0.221 e. The monoisotopic (exact) mass is 231 g/mol. The van der Waals surface area contributed by atoms with Crippen LogP contribution in [-0.2, 0) is 4.79 Å². The third-order valence-corrected chi connectivity index (χ3v) is 2.43. The molecular weight excluding hydrogens is 214 g/mol. The largest absolute Gasteiger partial charge is 0.383 e. The molecule has 1 rings (SSSR count). The zero-order chi connectivity index (χ0) is 12.7. The van der Waals surface area contributed by atoms with Gasteiger partial charge in [-0.25, -0.2) is 0 Å². The Morgan fingerprint density at radius 1 is 1.47 bits per heavy atom. The molecule has 0 radical (unpaired) electrons. The number of aryl methyl sites for hydroxylation is 1. The fourth-order valence-electron chi connectivity index (χ4n) is 1.56. The van der Waals surface area contributed by atoms with Crippen molar-refractivity contribution in [3.05, 3.63) is 29.3 Å². The van der Waals surface area contributed by atoms with Crippen LogP contribution < -0.4 is 10.6 Å². The van der Waals surface area contributed by atoms with Crippen molar-refractivity contribution in [2.75, 3.05) is 18.4 Å². The van der Waals surface area contributed by atoms with Crippen molar-refractivity contribution < 1.29 is 4.79 Å². The first-order valence-electron chi connectivity index (χ1n) is 5.69. The smallest absolute Gasteiger partial charge is 0.221 e. The van der Waals surface area contributed by atoms with Gasteiger partial charge in [-0.05, 0) is 25.5 Å². The van der Waals surface area contributed by atoms with Gasteiger partial charge in [0.15, 0.2) is 0 Å². The minimum atomic E-state index is 0.0196. The van der Waals surface area contributed by atoms with Gasteiger partial charge in [0.1, 0.15) is 6.07 Å². The van der Waals surface area contributed by atoms with E-state index in [9.17, 15) is 4.79 Å². The summed E-state index contributed by atoms with van der Waals surface area (Å²) in [6.07, 6.45) is 0.409. The van der Waals surface area contributed by atoms with Crippen LogP contribution in [0.3, 0.4) is 0 Å². The maximum absolute atomic E-state index is 11.2. The van der Waals surface area contributed by atoms with Crippen LogP contribution in [0.5, 0.6) is 0 Å². The molecule has 0 aliphatic heterocycles. The molecule has 1 aromatic carbocycles. The molecule has 0 saturated heterocycles. The predicted octanol–water partition coefficient (Wildman–Crippen LogP) is 1.80. The van der Waals surface area contributed by atoms with Crippen LogP contribution >= 0.6 is 0 Å². The first-order valence-corrected chi connectivity index (χ1v) is 5.69. The maximum atomic E-state index is 11.2. The Bertz CT molecular complexity index is 435. The molecule has 0 atom stereocenters. The number of carbonyl (C=O) groups excluding carboxylic acids is 1. The second-order valence-electron chi connectivity index (χ2n) is 3.74. The highest BCUT2D eigenvalue weighted by atomic mass is 16.1. The van der Waals surface area contributed by atoms with Crippen molar-refractivity contribution in [1.29, 1.82) is 5.26 Å². The van der Waals surface area contributed by atoms with Gasteiger partial charge in [-0.15, -0.1) is 0 Å².